The van der Waals surface area contributed by atoms with E-state index in [9.17, 15) is 14.4 Å². The van der Waals surface area contributed by atoms with Crippen molar-refractivity contribution in [2.75, 3.05) is 32.9 Å². The summed E-state index contributed by atoms with van der Waals surface area (Å²) in [6.45, 7) is 1.65. The number of imide groups is 1. The highest BCUT2D eigenvalue weighted by Gasteiger charge is 2.62. The molecule has 1 N–H and O–H groups in total. The van der Waals surface area contributed by atoms with Crippen molar-refractivity contribution in [1.82, 2.24) is 24.9 Å². The summed E-state index contributed by atoms with van der Waals surface area (Å²) in [5, 5.41) is 6.75. The summed E-state index contributed by atoms with van der Waals surface area (Å²) in [7, 11) is 0. The van der Waals surface area contributed by atoms with Gasteiger partial charge in [-0.3, -0.25) is 29.3 Å². The molecule has 0 aliphatic carbocycles. The molecule has 12 heteroatoms. The Labute approximate surface area is 251 Å². The maximum atomic E-state index is 16.2. The normalized spacial score (nSPS) is 26.4. The predicted octanol–water partition coefficient (Wildman–Crippen LogP) is 3.05. The number of halogens is 2. The second-order valence-corrected chi connectivity index (χ2v) is 12.5. The van der Waals surface area contributed by atoms with Crippen molar-refractivity contribution in [3.63, 3.8) is 0 Å². The van der Waals surface area contributed by atoms with Crippen molar-refractivity contribution in [1.29, 1.82) is 0 Å². The molecule has 0 saturated carbocycles. The molecule has 3 amide bonds. The molecule has 5 aliphatic rings. The number of aromatic nitrogens is 2. The molecule has 0 radical (unpaired) electrons. The molecule has 1 unspecified atom stereocenters. The van der Waals surface area contributed by atoms with Crippen molar-refractivity contribution in [2.24, 2.45) is 0 Å². The molecule has 2 atom stereocenters. The van der Waals surface area contributed by atoms with Gasteiger partial charge in [0, 0.05) is 41.4 Å². The number of amides is 3. The van der Waals surface area contributed by atoms with E-state index < -0.39 is 29.8 Å². The summed E-state index contributed by atoms with van der Waals surface area (Å²) in [5.74, 6) is -3.98. The fourth-order valence-corrected chi connectivity index (χ4v) is 7.29. The number of rotatable bonds is 5. The Kier molecular flexibility index (Phi) is 6.18. The highest BCUT2D eigenvalue weighted by molar-refractivity contribution is 6.05. The van der Waals surface area contributed by atoms with Gasteiger partial charge in [-0.15, -0.1) is 0 Å². The molecule has 44 heavy (non-hydrogen) atoms. The van der Waals surface area contributed by atoms with E-state index in [0.29, 0.717) is 48.7 Å². The summed E-state index contributed by atoms with van der Waals surface area (Å²) in [4.78, 5) is 40.5. The Morgan fingerprint density at radius 3 is 2.73 bits per heavy atom. The molecule has 228 valence electrons. The second kappa shape index (κ2) is 9.93. The van der Waals surface area contributed by atoms with E-state index in [1.165, 1.54) is 4.90 Å². The average molecular weight is 604 g/mol. The molecule has 3 aromatic rings. The van der Waals surface area contributed by atoms with Gasteiger partial charge in [0.05, 0.1) is 44.0 Å². The van der Waals surface area contributed by atoms with Crippen LogP contribution >= 0.6 is 0 Å². The molecule has 1 spiro atoms. The predicted molar refractivity (Wildman–Crippen MR) is 152 cm³/mol. The maximum absolute atomic E-state index is 16.2. The van der Waals surface area contributed by atoms with E-state index in [-0.39, 0.29) is 50.3 Å². The van der Waals surface area contributed by atoms with Crippen LogP contribution in [0.1, 0.15) is 52.4 Å². The first-order valence-electron chi connectivity index (χ1n) is 15.0. The number of piperidine rings is 2. The lowest BCUT2D eigenvalue weighted by Crippen LogP contribution is -2.58. The SMILES string of the molecule is O=C1CC[C@H](N2Cc3c(ccc4c3OCC43CCN(Cc4cccc(-c5cnn(C6COC6)c5)c4)CC3(F)F)C2=O)C(=O)N1. The highest BCUT2D eigenvalue weighted by Crippen LogP contribution is 2.55. The average Bonchev–Trinajstić information content (AvgIpc) is 3.67. The summed E-state index contributed by atoms with van der Waals surface area (Å²) < 4.78 is 45.6. The molecule has 0 bridgehead atoms. The number of hydrogen-bond donors (Lipinski definition) is 1. The van der Waals surface area contributed by atoms with Crippen LogP contribution in [0.4, 0.5) is 8.78 Å². The zero-order valence-corrected chi connectivity index (χ0v) is 23.9. The number of ether oxygens (including phenoxy) is 2. The number of nitrogens with zero attached hydrogens (tertiary/aromatic N) is 4. The van der Waals surface area contributed by atoms with E-state index in [4.69, 9.17) is 9.47 Å². The van der Waals surface area contributed by atoms with Crippen LogP contribution in [0.15, 0.2) is 48.8 Å². The van der Waals surface area contributed by atoms with E-state index in [1.807, 2.05) is 41.3 Å². The first-order chi connectivity index (χ1) is 21.2. The van der Waals surface area contributed by atoms with Gasteiger partial charge in [0.1, 0.15) is 18.4 Å². The summed E-state index contributed by atoms with van der Waals surface area (Å²) in [5.41, 5.74) is 2.73. The third-order valence-electron chi connectivity index (χ3n) is 9.88. The fourth-order valence-electron chi connectivity index (χ4n) is 7.29. The van der Waals surface area contributed by atoms with Gasteiger partial charge in [0.25, 0.3) is 11.8 Å². The Balaban J connectivity index is 0.997. The van der Waals surface area contributed by atoms with Crippen LogP contribution in [-0.2, 0) is 32.8 Å². The molecule has 2 aromatic carbocycles. The minimum absolute atomic E-state index is 0.0844. The standard InChI is InChI=1S/C32H31F2N5O5/c33-32(34)17-37(12-19-2-1-3-20(10-19)21-11-35-39(13-21)22-15-43-16-22)9-8-31(32)18-44-28-24-14-38(26-6-7-27(40)36-29(26)41)30(42)23(24)4-5-25(28)31/h1-5,10-11,13,22,26H,6-9,12,14-18H2,(H,36,40,41)/t26-,31?/m0/s1. The number of nitrogens with one attached hydrogen (secondary N) is 1. The van der Waals surface area contributed by atoms with Gasteiger partial charge in [0.15, 0.2) is 0 Å². The summed E-state index contributed by atoms with van der Waals surface area (Å²) >= 11 is 0. The number of hydrogen-bond acceptors (Lipinski definition) is 7. The highest BCUT2D eigenvalue weighted by atomic mass is 19.3. The minimum atomic E-state index is -3.08. The van der Waals surface area contributed by atoms with Crippen LogP contribution in [0.3, 0.4) is 0 Å². The Bertz CT molecular complexity index is 1700. The monoisotopic (exact) mass is 603 g/mol. The van der Waals surface area contributed by atoms with Crippen molar-refractivity contribution >= 4 is 17.7 Å². The molecule has 1 aromatic heterocycles. The lowest BCUT2D eigenvalue weighted by molar-refractivity contribution is -0.137. The van der Waals surface area contributed by atoms with Gasteiger partial charge in [-0.25, -0.2) is 8.78 Å². The van der Waals surface area contributed by atoms with Gasteiger partial charge >= 0.3 is 0 Å². The zero-order valence-electron chi connectivity index (χ0n) is 23.9. The van der Waals surface area contributed by atoms with E-state index >= 15 is 8.78 Å². The van der Waals surface area contributed by atoms with Crippen LogP contribution in [0.25, 0.3) is 11.1 Å². The Hall–Kier alpha value is -4.16. The van der Waals surface area contributed by atoms with Crippen LogP contribution < -0.4 is 10.1 Å². The number of likely N-dealkylation sites (tertiary alicyclic amines) is 1. The lowest BCUT2D eigenvalue weighted by Gasteiger charge is -2.44. The molecular formula is C32H31F2N5O5. The quantitative estimate of drug-likeness (QED) is 0.447. The molecule has 5 aliphatic heterocycles. The van der Waals surface area contributed by atoms with Gasteiger partial charge in [-0.2, -0.15) is 5.10 Å². The summed E-state index contributed by atoms with van der Waals surface area (Å²) in [6, 6.07) is 10.6. The second-order valence-electron chi connectivity index (χ2n) is 12.5. The van der Waals surface area contributed by atoms with Crippen molar-refractivity contribution in [3.8, 4) is 16.9 Å². The number of fused-ring (bicyclic) bond motifs is 4. The Morgan fingerprint density at radius 1 is 1.09 bits per heavy atom. The number of alkyl halides is 2. The maximum Gasteiger partial charge on any atom is 0.273 e. The van der Waals surface area contributed by atoms with Gasteiger partial charge < -0.3 is 14.4 Å². The molecule has 6 heterocycles. The van der Waals surface area contributed by atoms with Crippen molar-refractivity contribution < 1.29 is 32.6 Å². The number of carbonyl (C=O) groups excluding carboxylic acids is 3. The van der Waals surface area contributed by atoms with Crippen molar-refractivity contribution in [2.45, 2.75) is 55.8 Å². The van der Waals surface area contributed by atoms with Crippen molar-refractivity contribution in [3.05, 3.63) is 71.0 Å². The third kappa shape index (κ3) is 4.18. The number of carbonyl (C=O) groups is 3. The van der Waals surface area contributed by atoms with Crippen LogP contribution in [0, 0.1) is 0 Å². The molecule has 3 saturated heterocycles. The number of benzene rings is 2. The summed E-state index contributed by atoms with van der Waals surface area (Å²) in [6.07, 6.45) is 4.39. The smallest absolute Gasteiger partial charge is 0.273 e. The fraction of sp³-hybridized carbons (Fsp3) is 0.438. The molecular weight excluding hydrogens is 572 g/mol. The Morgan fingerprint density at radius 2 is 1.95 bits per heavy atom. The lowest BCUT2D eigenvalue weighted by atomic mass is 9.71. The van der Waals surface area contributed by atoms with Gasteiger partial charge in [-0.1, -0.05) is 24.3 Å². The van der Waals surface area contributed by atoms with Crippen LogP contribution in [-0.4, -0.2) is 82.2 Å². The van der Waals surface area contributed by atoms with Gasteiger partial charge in [-0.05, 0) is 42.6 Å². The van der Waals surface area contributed by atoms with Crippen LogP contribution in [0.2, 0.25) is 0 Å². The first kappa shape index (κ1) is 27.4. The first-order valence-corrected chi connectivity index (χ1v) is 15.0. The topological polar surface area (TPSA) is 106 Å². The van der Waals surface area contributed by atoms with E-state index in [2.05, 4.69) is 10.4 Å². The minimum Gasteiger partial charge on any atom is -0.492 e. The third-order valence-corrected chi connectivity index (χ3v) is 9.88. The molecule has 3 fully saturated rings. The zero-order chi connectivity index (χ0) is 30.2. The molecule has 8 rings (SSSR count). The van der Waals surface area contributed by atoms with E-state index in [0.717, 1.165) is 16.7 Å². The van der Waals surface area contributed by atoms with Gasteiger partial charge in [0.2, 0.25) is 11.8 Å². The van der Waals surface area contributed by atoms with E-state index in [1.54, 1.807) is 17.0 Å². The molecule has 10 nitrogen and oxygen atoms in total. The largest absolute Gasteiger partial charge is 0.492 e. The van der Waals surface area contributed by atoms with Crippen LogP contribution in [0.5, 0.6) is 5.75 Å².